The number of rotatable bonds is 5. The molecule has 4 heteroatoms. The van der Waals surface area contributed by atoms with E-state index in [1.807, 2.05) is 42.9 Å². The van der Waals surface area contributed by atoms with Gasteiger partial charge in [-0.2, -0.15) is 5.10 Å². The van der Waals surface area contributed by atoms with Crippen molar-refractivity contribution >= 4 is 0 Å². The van der Waals surface area contributed by atoms with Gasteiger partial charge in [0.05, 0.1) is 6.54 Å². The number of hydrogen-bond acceptors (Lipinski definition) is 3. The maximum absolute atomic E-state index is 5.93. The molecule has 2 N–H and O–H groups in total. The Morgan fingerprint density at radius 3 is 2.94 bits per heavy atom. The van der Waals surface area contributed by atoms with Crippen LogP contribution in [0.2, 0.25) is 0 Å². The molecule has 0 aliphatic carbocycles. The first-order valence-corrected chi connectivity index (χ1v) is 6.13. The average molecular weight is 245 g/mol. The molecular weight excluding hydrogens is 226 g/mol. The largest absolute Gasteiger partial charge is 0.491 e. The monoisotopic (exact) mass is 245 g/mol. The number of nitrogens with two attached hydrogens (primary N) is 1. The molecule has 0 saturated carbocycles. The van der Waals surface area contributed by atoms with Crippen molar-refractivity contribution in [3.05, 3.63) is 47.8 Å². The first-order chi connectivity index (χ1) is 8.66. The molecule has 0 aliphatic heterocycles. The third-order valence-corrected chi connectivity index (χ3v) is 2.80. The van der Waals surface area contributed by atoms with Crippen LogP contribution in [0.25, 0.3) is 0 Å². The van der Waals surface area contributed by atoms with Crippen molar-refractivity contribution < 1.29 is 4.74 Å². The van der Waals surface area contributed by atoms with Crippen LogP contribution < -0.4 is 10.5 Å². The van der Waals surface area contributed by atoms with Gasteiger partial charge < -0.3 is 10.5 Å². The molecule has 96 valence electrons. The second kappa shape index (κ2) is 5.69. The average Bonchev–Trinajstić information content (AvgIpc) is 2.82. The van der Waals surface area contributed by atoms with Gasteiger partial charge in [0.2, 0.25) is 0 Å². The van der Waals surface area contributed by atoms with Crippen LogP contribution in [0.1, 0.15) is 24.1 Å². The van der Waals surface area contributed by atoms with E-state index in [1.54, 1.807) is 6.20 Å². The topological polar surface area (TPSA) is 53.1 Å². The third kappa shape index (κ3) is 3.11. The normalized spacial score (nSPS) is 12.4. The van der Waals surface area contributed by atoms with Crippen molar-refractivity contribution in [3.8, 4) is 5.75 Å². The highest BCUT2D eigenvalue weighted by Crippen LogP contribution is 2.25. The van der Waals surface area contributed by atoms with E-state index in [2.05, 4.69) is 11.2 Å². The van der Waals surface area contributed by atoms with E-state index in [-0.39, 0.29) is 6.04 Å². The lowest BCUT2D eigenvalue weighted by Crippen LogP contribution is -2.12. The molecule has 1 heterocycles. The third-order valence-electron chi connectivity index (χ3n) is 2.80. The number of hydrogen-bond donors (Lipinski definition) is 1. The Bertz CT molecular complexity index is 492. The van der Waals surface area contributed by atoms with Gasteiger partial charge in [-0.3, -0.25) is 4.68 Å². The molecule has 1 aromatic carbocycles. The van der Waals surface area contributed by atoms with E-state index in [1.165, 1.54) is 5.56 Å². The minimum atomic E-state index is -0.0229. The van der Waals surface area contributed by atoms with Gasteiger partial charge in [0.25, 0.3) is 0 Å². The van der Waals surface area contributed by atoms with Crippen LogP contribution in [0.15, 0.2) is 36.7 Å². The zero-order valence-corrected chi connectivity index (χ0v) is 10.8. The standard InChI is InChI=1S/C14H19N3O/c1-11-4-5-13(12(2)15)14(10-11)18-9-8-17-7-3-6-16-17/h3-7,10,12H,8-9,15H2,1-2H3/t12-/m0/s1. The summed E-state index contributed by atoms with van der Waals surface area (Å²) < 4.78 is 7.66. The summed E-state index contributed by atoms with van der Waals surface area (Å²) in [6, 6.07) is 8.00. The molecule has 0 radical (unpaired) electrons. The van der Waals surface area contributed by atoms with Crippen LogP contribution in [-0.2, 0) is 6.54 Å². The maximum Gasteiger partial charge on any atom is 0.124 e. The smallest absolute Gasteiger partial charge is 0.124 e. The SMILES string of the molecule is Cc1ccc([C@H](C)N)c(OCCn2cccn2)c1. The Morgan fingerprint density at radius 1 is 1.44 bits per heavy atom. The van der Waals surface area contributed by atoms with Gasteiger partial charge in [-0.15, -0.1) is 0 Å². The summed E-state index contributed by atoms with van der Waals surface area (Å²) >= 11 is 0. The fraction of sp³-hybridized carbons (Fsp3) is 0.357. The minimum absolute atomic E-state index is 0.0229. The molecule has 0 spiro atoms. The van der Waals surface area contributed by atoms with Gasteiger partial charge in [0.1, 0.15) is 12.4 Å². The fourth-order valence-corrected chi connectivity index (χ4v) is 1.82. The minimum Gasteiger partial charge on any atom is -0.491 e. The van der Waals surface area contributed by atoms with Crippen molar-refractivity contribution in [2.45, 2.75) is 26.4 Å². The van der Waals surface area contributed by atoms with Gasteiger partial charge >= 0.3 is 0 Å². The Hall–Kier alpha value is -1.81. The van der Waals surface area contributed by atoms with Crippen LogP contribution in [0.3, 0.4) is 0 Å². The first-order valence-electron chi connectivity index (χ1n) is 6.13. The van der Waals surface area contributed by atoms with E-state index >= 15 is 0 Å². The molecule has 0 amide bonds. The summed E-state index contributed by atoms with van der Waals surface area (Å²) in [4.78, 5) is 0. The van der Waals surface area contributed by atoms with E-state index in [0.29, 0.717) is 6.61 Å². The summed E-state index contributed by atoms with van der Waals surface area (Å²) in [5.74, 6) is 0.872. The molecule has 0 unspecified atom stereocenters. The highest BCUT2D eigenvalue weighted by Gasteiger charge is 2.08. The van der Waals surface area contributed by atoms with Gasteiger partial charge in [-0.25, -0.2) is 0 Å². The van der Waals surface area contributed by atoms with Crippen LogP contribution in [0.4, 0.5) is 0 Å². The van der Waals surface area contributed by atoms with Crippen molar-refractivity contribution in [2.75, 3.05) is 6.61 Å². The molecule has 0 saturated heterocycles. The molecule has 4 nitrogen and oxygen atoms in total. The Labute approximate surface area is 107 Å². The van der Waals surface area contributed by atoms with E-state index in [4.69, 9.17) is 10.5 Å². The molecule has 0 fully saturated rings. The summed E-state index contributed by atoms with van der Waals surface area (Å²) in [5.41, 5.74) is 8.15. The summed E-state index contributed by atoms with van der Waals surface area (Å²) in [6.07, 6.45) is 3.69. The molecule has 1 aromatic heterocycles. The second-order valence-electron chi connectivity index (χ2n) is 4.45. The van der Waals surface area contributed by atoms with Crippen LogP contribution in [0, 0.1) is 6.92 Å². The number of aromatic nitrogens is 2. The number of ether oxygens (including phenoxy) is 1. The summed E-state index contributed by atoms with van der Waals surface area (Å²) in [7, 11) is 0. The van der Waals surface area contributed by atoms with Gasteiger partial charge in [-0.1, -0.05) is 12.1 Å². The molecule has 1 atom stereocenters. The predicted molar refractivity (Wildman–Crippen MR) is 71.5 cm³/mol. The predicted octanol–water partition coefficient (Wildman–Crippen LogP) is 2.29. The van der Waals surface area contributed by atoms with Gasteiger partial charge in [0, 0.05) is 24.0 Å². The van der Waals surface area contributed by atoms with Crippen molar-refractivity contribution in [1.29, 1.82) is 0 Å². The first kappa shape index (κ1) is 12.6. The quantitative estimate of drug-likeness (QED) is 0.879. The number of nitrogens with zero attached hydrogens (tertiary/aromatic N) is 2. The van der Waals surface area contributed by atoms with Crippen molar-refractivity contribution in [2.24, 2.45) is 5.73 Å². The molecule has 18 heavy (non-hydrogen) atoms. The molecule has 0 bridgehead atoms. The second-order valence-corrected chi connectivity index (χ2v) is 4.45. The molecule has 0 aliphatic rings. The van der Waals surface area contributed by atoms with E-state index < -0.39 is 0 Å². The lowest BCUT2D eigenvalue weighted by Gasteiger charge is -2.14. The van der Waals surface area contributed by atoms with Crippen molar-refractivity contribution in [1.82, 2.24) is 9.78 Å². The number of aryl methyl sites for hydroxylation is 1. The molecule has 2 aromatic rings. The number of benzene rings is 1. The van der Waals surface area contributed by atoms with Crippen molar-refractivity contribution in [3.63, 3.8) is 0 Å². The summed E-state index contributed by atoms with van der Waals surface area (Å²) in [5, 5.41) is 4.13. The Kier molecular flexibility index (Phi) is 3.99. The lowest BCUT2D eigenvalue weighted by molar-refractivity contribution is 0.287. The zero-order valence-electron chi connectivity index (χ0n) is 10.8. The van der Waals surface area contributed by atoms with Crippen LogP contribution in [-0.4, -0.2) is 16.4 Å². The zero-order chi connectivity index (χ0) is 13.0. The maximum atomic E-state index is 5.93. The van der Waals surface area contributed by atoms with Crippen LogP contribution >= 0.6 is 0 Å². The summed E-state index contributed by atoms with van der Waals surface area (Å²) in [6.45, 7) is 5.33. The highest BCUT2D eigenvalue weighted by atomic mass is 16.5. The Balaban J connectivity index is 2.01. The van der Waals surface area contributed by atoms with Crippen LogP contribution in [0.5, 0.6) is 5.75 Å². The molecular formula is C14H19N3O. The van der Waals surface area contributed by atoms with E-state index in [0.717, 1.165) is 17.9 Å². The van der Waals surface area contributed by atoms with Gasteiger partial charge in [0.15, 0.2) is 0 Å². The van der Waals surface area contributed by atoms with Gasteiger partial charge in [-0.05, 0) is 31.5 Å². The Morgan fingerprint density at radius 2 is 2.28 bits per heavy atom. The fourth-order valence-electron chi connectivity index (χ4n) is 1.82. The highest BCUT2D eigenvalue weighted by molar-refractivity contribution is 5.38. The molecule has 2 rings (SSSR count). The van der Waals surface area contributed by atoms with E-state index in [9.17, 15) is 0 Å². The lowest BCUT2D eigenvalue weighted by atomic mass is 10.1.